The third-order valence-corrected chi connectivity index (χ3v) is 3.45. The second-order valence-corrected chi connectivity index (χ2v) is 5.51. The van der Waals surface area contributed by atoms with E-state index in [9.17, 15) is 5.26 Å². The van der Waals surface area contributed by atoms with Crippen molar-refractivity contribution in [3.63, 3.8) is 0 Å². The molecule has 0 bridgehead atoms. The summed E-state index contributed by atoms with van der Waals surface area (Å²) in [6, 6.07) is 10.1. The maximum atomic E-state index is 9.30. The number of halogens is 1. The summed E-state index contributed by atoms with van der Waals surface area (Å²) < 4.78 is 0. The Morgan fingerprint density at radius 2 is 2.06 bits per heavy atom. The summed E-state index contributed by atoms with van der Waals surface area (Å²) in [5.41, 5.74) is 0.665. The molecular weight excluding hydrogens is 232 g/mol. The van der Waals surface area contributed by atoms with E-state index in [-0.39, 0.29) is 0 Å². The van der Waals surface area contributed by atoms with Crippen molar-refractivity contribution in [1.82, 2.24) is 5.32 Å². The van der Waals surface area contributed by atoms with Crippen LogP contribution in [0.25, 0.3) is 0 Å². The zero-order valence-corrected chi connectivity index (χ0v) is 10.8. The summed E-state index contributed by atoms with van der Waals surface area (Å²) in [4.78, 5) is 0. The van der Waals surface area contributed by atoms with Crippen molar-refractivity contribution in [2.24, 2.45) is 5.92 Å². The normalized spacial score (nSPS) is 18.4. The van der Waals surface area contributed by atoms with Crippen LogP contribution in [-0.4, -0.2) is 12.1 Å². The average Bonchev–Trinajstić information content (AvgIpc) is 3.14. The van der Waals surface area contributed by atoms with Crippen LogP contribution in [0, 0.1) is 17.2 Å². The molecule has 1 unspecified atom stereocenters. The Kier molecular flexibility index (Phi) is 3.71. The molecule has 1 aliphatic carbocycles. The fourth-order valence-corrected chi connectivity index (χ4v) is 1.97. The summed E-state index contributed by atoms with van der Waals surface area (Å²) in [7, 11) is 0. The number of benzene rings is 1. The zero-order valence-electron chi connectivity index (χ0n) is 10.0. The Bertz CT molecular complexity index is 417. The topological polar surface area (TPSA) is 35.8 Å². The second-order valence-electron chi connectivity index (χ2n) is 5.07. The lowest BCUT2D eigenvalue weighted by molar-refractivity contribution is 0.434. The molecule has 0 heterocycles. The van der Waals surface area contributed by atoms with Crippen molar-refractivity contribution in [2.45, 2.75) is 31.7 Å². The van der Waals surface area contributed by atoms with Gasteiger partial charge in [-0.25, -0.2) is 0 Å². The molecule has 0 spiro atoms. The van der Waals surface area contributed by atoms with Gasteiger partial charge < -0.3 is 0 Å². The first kappa shape index (κ1) is 12.4. The highest BCUT2D eigenvalue weighted by Gasteiger charge is 2.28. The summed E-state index contributed by atoms with van der Waals surface area (Å²) >= 11 is 5.85. The number of hydrogen-bond acceptors (Lipinski definition) is 2. The van der Waals surface area contributed by atoms with Crippen molar-refractivity contribution in [2.75, 3.05) is 6.54 Å². The molecule has 1 fully saturated rings. The molecule has 0 amide bonds. The highest BCUT2D eigenvalue weighted by atomic mass is 35.5. The molecule has 1 atom stereocenters. The minimum Gasteiger partial charge on any atom is -0.299 e. The van der Waals surface area contributed by atoms with Crippen LogP contribution >= 0.6 is 11.6 Å². The van der Waals surface area contributed by atoms with Crippen LogP contribution in [0.2, 0.25) is 5.02 Å². The number of nitrogens with one attached hydrogen (secondary N) is 1. The predicted molar refractivity (Wildman–Crippen MR) is 69.9 cm³/mol. The van der Waals surface area contributed by atoms with E-state index in [1.807, 2.05) is 31.2 Å². The quantitative estimate of drug-likeness (QED) is 0.869. The summed E-state index contributed by atoms with van der Waals surface area (Å²) in [6.45, 7) is 2.92. The van der Waals surface area contributed by atoms with Crippen LogP contribution in [0.4, 0.5) is 0 Å². The smallest absolute Gasteiger partial charge is 0.107 e. The molecule has 1 aromatic carbocycles. The van der Waals surface area contributed by atoms with E-state index >= 15 is 0 Å². The van der Waals surface area contributed by atoms with Crippen LogP contribution in [-0.2, 0) is 6.42 Å². The van der Waals surface area contributed by atoms with Crippen LogP contribution < -0.4 is 5.32 Å². The number of rotatable bonds is 5. The minimum atomic E-state index is -0.476. The molecule has 1 aromatic rings. The Morgan fingerprint density at radius 1 is 1.41 bits per heavy atom. The maximum absolute atomic E-state index is 9.30. The van der Waals surface area contributed by atoms with E-state index in [2.05, 4.69) is 11.4 Å². The molecule has 0 aromatic heterocycles. The fraction of sp³-hybridized carbons (Fsp3) is 0.500. The van der Waals surface area contributed by atoms with Crippen LogP contribution in [0.1, 0.15) is 25.3 Å². The van der Waals surface area contributed by atoms with Crippen LogP contribution in [0.3, 0.4) is 0 Å². The van der Waals surface area contributed by atoms with Gasteiger partial charge in [-0.15, -0.1) is 0 Å². The number of nitriles is 1. The molecule has 0 aliphatic heterocycles. The Labute approximate surface area is 108 Å². The minimum absolute atomic E-state index is 0.476. The largest absolute Gasteiger partial charge is 0.299 e. The fourth-order valence-electron chi connectivity index (χ4n) is 1.84. The first-order valence-corrected chi connectivity index (χ1v) is 6.40. The summed E-state index contributed by atoms with van der Waals surface area (Å²) in [5.74, 6) is 0.785. The summed E-state index contributed by atoms with van der Waals surface area (Å²) in [5, 5.41) is 13.4. The molecule has 0 saturated heterocycles. The monoisotopic (exact) mass is 248 g/mol. The highest BCUT2D eigenvalue weighted by molar-refractivity contribution is 6.30. The van der Waals surface area contributed by atoms with Gasteiger partial charge in [-0.1, -0.05) is 23.7 Å². The van der Waals surface area contributed by atoms with Gasteiger partial charge in [-0.3, -0.25) is 5.32 Å². The van der Waals surface area contributed by atoms with Gasteiger partial charge in [-0.05, 0) is 49.9 Å². The number of hydrogen-bond donors (Lipinski definition) is 1. The molecule has 90 valence electrons. The lowest BCUT2D eigenvalue weighted by Crippen LogP contribution is -2.44. The molecule has 2 rings (SSSR count). The van der Waals surface area contributed by atoms with Gasteiger partial charge in [0.1, 0.15) is 5.54 Å². The molecule has 1 saturated carbocycles. The third-order valence-electron chi connectivity index (χ3n) is 3.20. The molecule has 1 aliphatic rings. The lowest BCUT2D eigenvalue weighted by Gasteiger charge is -2.23. The van der Waals surface area contributed by atoms with Gasteiger partial charge in [0.05, 0.1) is 6.07 Å². The average molecular weight is 249 g/mol. The van der Waals surface area contributed by atoms with Crippen molar-refractivity contribution < 1.29 is 0 Å². The van der Waals surface area contributed by atoms with Gasteiger partial charge in [0.15, 0.2) is 0 Å². The molecular formula is C14H17ClN2. The molecule has 1 N–H and O–H groups in total. The van der Waals surface area contributed by atoms with E-state index in [0.717, 1.165) is 23.0 Å². The Hall–Kier alpha value is -1.04. The molecule has 3 heteroatoms. The molecule has 2 nitrogen and oxygen atoms in total. The van der Waals surface area contributed by atoms with Crippen molar-refractivity contribution in [3.05, 3.63) is 34.9 Å². The van der Waals surface area contributed by atoms with E-state index in [4.69, 9.17) is 11.6 Å². The van der Waals surface area contributed by atoms with Gasteiger partial charge >= 0.3 is 0 Å². The highest BCUT2D eigenvalue weighted by Crippen LogP contribution is 2.28. The predicted octanol–water partition coefficient (Wildman–Crippen LogP) is 3.16. The van der Waals surface area contributed by atoms with E-state index in [1.165, 1.54) is 12.8 Å². The van der Waals surface area contributed by atoms with Gasteiger partial charge in [0, 0.05) is 11.4 Å². The van der Waals surface area contributed by atoms with Gasteiger partial charge in [0.2, 0.25) is 0 Å². The molecule has 17 heavy (non-hydrogen) atoms. The zero-order chi connectivity index (χ0) is 12.3. The molecule has 0 radical (unpaired) electrons. The van der Waals surface area contributed by atoms with Crippen molar-refractivity contribution in [3.8, 4) is 6.07 Å². The maximum Gasteiger partial charge on any atom is 0.107 e. The standard InChI is InChI=1S/C14H17ClN2/c1-14(10-16,17-9-12-2-3-12)8-11-4-6-13(15)7-5-11/h4-7,12,17H,2-3,8-9H2,1H3. The number of nitrogens with zero attached hydrogens (tertiary/aromatic N) is 1. The first-order valence-electron chi connectivity index (χ1n) is 6.02. The first-order chi connectivity index (χ1) is 8.11. The van der Waals surface area contributed by atoms with E-state index in [1.54, 1.807) is 0 Å². The van der Waals surface area contributed by atoms with E-state index in [0.29, 0.717) is 6.42 Å². The second kappa shape index (κ2) is 5.08. The summed E-state index contributed by atoms with van der Waals surface area (Å²) in [6.07, 6.45) is 3.32. The van der Waals surface area contributed by atoms with Crippen molar-refractivity contribution >= 4 is 11.6 Å². The Morgan fingerprint density at radius 3 is 2.59 bits per heavy atom. The van der Waals surface area contributed by atoms with E-state index < -0.39 is 5.54 Å². The van der Waals surface area contributed by atoms with Gasteiger partial charge in [0.25, 0.3) is 0 Å². The van der Waals surface area contributed by atoms with Crippen LogP contribution in [0.5, 0.6) is 0 Å². The third kappa shape index (κ3) is 3.73. The van der Waals surface area contributed by atoms with Gasteiger partial charge in [-0.2, -0.15) is 5.26 Å². The lowest BCUT2D eigenvalue weighted by atomic mass is 9.94. The van der Waals surface area contributed by atoms with Crippen LogP contribution in [0.15, 0.2) is 24.3 Å². The Balaban J connectivity index is 1.97. The van der Waals surface area contributed by atoms with Crippen molar-refractivity contribution in [1.29, 1.82) is 5.26 Å². The SMILES string of the molecule is CC(C#N)(Cc1ccc(Cl)cc1)NCC1CC1.